The normalized spacial score (nSPS) is 19.3. The summed E-state index contributed by atoms with van der Waals surface area (Å²) in [6, 6.07) is 0. The molecule has 0 aromatic heterocycles. The Morgan fingerprint density at radius 3 is 2.00 bits per heavy atom. The van der Waals surface area contributed by atoms with Gasteiger partial charge in [0.2, 0.25) is 0 Å². The number of hydrogen-bond acceptors (Lipinski definition) is 0. The monoisotopic (exact) mass is 192 g/mol. The molecule has 0 aromatic carbocycles. The highest BCUT2D eigenvalue weighted by atomic mass is 14.1. The van der Waals surface area contributed by atoms with Crippen molar-refractivity contribution in [1.82, 2.24) is 0 Å². The Labute approximate surface area is 89.1 Å². The van der Waals surface area contributed by atoms with Crippen LogP contribution >= 0.6 is 0 Å². The zero-order valence-electron chi connectivity index (χ0n) is 9.43. The summed E-state index contributed by atoms with van der Waals surface area (Å²) in [7, 11) is 0. The molecule has 0 aliphatic heterocycles. The Balaban J connectivity index is 2.30. The van der Waals surface area contributed by atoms with Crippen LogP contribution in [0, 0.1) is 0 Å². The molecule has 0 saturated heterocycles. The van der Waals surface area contributed by atoms with Crippen LogP contribution < -0.4 is 0 Å². The first-order chi connectivity index (χ1) is 6.93. The van der Waals surface area contributed by atoms with Gasteiger partial charge in [0.05, 0.1) is 0 Å². The number of rotatable bonds is 3. The van der Waals surface area contributed by atoms with Gasteiger partial charge in [0, 0.05) is 0 Å². The molecule has 0 N–H and O–H groups in total. The summed E-state index contributed by atoms with van der Waals surface area (Å²) in [4.78, 5) is 0. The van der Waals surface area contributed by atoms with Gasteiger partial charge in [-0.1, -0.05) is 43.4 Å². The lowest BCUT2D eigenvalue weighted by Crippen LogP contribution is -1.84. The molecular weight excluding hydrogens is 168 g/mol. The van der Waals surface area contributed by atoms with Gasteiger partial charge in [-0.05, 0) is 38.5 Å². The van der Waals surface area contributed by atoms with E-state index in [0.29, 0.717) is 0 Å². The zero-order valence-corrected chi connectivity index (χ0v) is 9.43. The van der Waals surface area contributed by atoms with Gasteiger partial charge in [-0.15, -0.1) is 6.58 Å². The van der Waals surface area contributed by atoms with Crippen LogP contribution in [0.3, 0.4) is 0 Å². The van der Waals surface area contributed by atoms with E-state index in [0.717, 1.165) is 6.42 Å². The van der Waals surface area contributed by atoms with Crippen LogP contribution in [0.4, 0.5) is 0 Å². The van der Waals surface area contributed by atoms with Crippen molar-refractivity contribution in [2.45, 2.75) is 64.2 Å². The molecule has 1 rings (SSSR count). The number of hydrogen-bond donors (Lipinski definition) is 0. The molecule has 0 nitrogen and oxygen atoms in total. The molecule has 80 valence electrons. The SMILES string of the molecule is C=CCCC=C1CCCCCCCC1. The molecule has 0 unspecified atom stereocenters. The quantitative estimate of drug-likeness (QED) is 0.435. The second-order valence-corrected chi connectivity index (χ2v) is 4.35. The maximum absolute atomic E-state index is 3.76. The standard InChI is InChI=1S/C14H24/c1-2-3-8-11-14-12-9-6-4-5-7-10-13-14/h2,11H,1,3-10,12-13H2. The second kappa shape index (κ2) is 7.84. The fourth-order valence-corrected chi connectivity index (χ4v) is 2.15. The molecule has 0 heterocycles. The summed E-state index contributed by atoms with van der Waals surface area (Å²) >= 11 is 0. The third-order valence-electron chi connectivity index (χ3n) is 3.05. The van der Waals surface area contributed by atoms with Gasteiger partial charge in [-0.2, -0.15) is 0 Å². The highest BCUT2D eigenvalue weighted by molar-refractivity contribution is 5.02. The van der Waals surface area contributed by atoms with Gasteiger partial charge in [0.25, 0.3) is 0 Å². The van der Waals surface area contributed by atoms with Gasteiger partial charge < -0.3 is 0 Å². The lowest BCUT2D eigenvalue weighted by Gasteiger charge is -2.04. The van der Waals surface area contributed by atoms with Gasteiger partial charge in [-0.3, -0.25) is 0 Å². The minimum absolute atomic E-state index is 1.14. The van der Waals surface area contributed by atoms with Crippen LogP contribution in [-0.2, 0) is 0 Å². The third-order valence-corrected chi connectivity index (χ3v) is 3.05. The van der Waals surface area contributed by atoms with Crippen molar-refractivity contribution < 1.29 is 0 Å². The first-order valence-electron chi connectivity index (χ1n) is 6.22. The summed E-state index contributed by atoms with van der Waals surface area (Å²) in [6.45, 7) is 3.76. The molecule has 1 saturated carbocycles. The second-order valence-electron chi connectivity index (χ2n) is 4.35. The van der Waals surface area contributed by atoms with Crippen molar-refractivity contribution in [2.24, 2.45) is 0 Å². The largest absolute Gasteiger partial charge is 0.103 e. The van der Waals surface area contributed by atoms with Crippen molar-refractivity contribution in [1.29, 1.82) is 0 Å². The molecule has 0 amide bonds. The average Bonchev–Trinajstić information content (AvgIpc) is 2.32. The van der Waals surface area contributed by atoms with Crippen LogP contribution in [-0.4, -0.2) is 0 Å². The van der Waals surface area contributed by atoms with E-state index in [1.54, 1.807) is 5.57 Å². The topological polar surface area (TPSA) is 0 Å². The van der Waals surface area contributed by atoms with Crippen LogP contribution in [0.2, 0.25) is 0 Å². The molecule has 1 aliphatic rings. The molecule has 1 fully saturated rings. The molecule has 0 heteroatoms. The average molecular weight is 192 g/mol. The van der Waals surface area contributed by atoms with Crippen LogP contribution in [0.25, 0.3) is 0 Å². The van der Waals surface area contributed by atoms with E-state index in [1.807, 2.05) is 6.08 Å². The first-order valence-corrected chi connectivity index (χ1v) is 6.22. The van der Waals surface area contributed by atoms with Crippen molar-refractivity contribution in [3.05, 3.63) is 24.3 Å². The van der Waals surface area contributed by atoms with Crippen molar-refractivity contribution in [3.63, 3.8) is 0 Å². The van der Waals surface area contributed by atoms with Crippen molar-refractivity contribution >= 4 is 0 Å². The maximum Gasteiger partial charge on any atom is -0.0313 e. The lowest BCUT2D eigenvalue weighted by atomic mass is 10.0. The Hall–Kier alpha value is -0.520. The molecule has 0 aromatic rings. The van der Waals surface area contributed by atoms with Crippen LogP contribution in [0.5, 0.6) is 0 Å². The first kappa shape index (κ1) is 11.6. The molecule has 1 aliphatic carbocycles. The predicted molar refractivity (Wildman–Crippen MR) is 64.5 cm³/mol. The van der Waals surface area contributed by atoms with Gasteiger partial charge >= 0.3 is 0 Å². The van der Waals surface area contributed by atoms with Gasteiger partial charge in [0.15, 0.2) is 0 Å². The highest BCUT2D eigenvalue weighted by Crippen LogP contribution is 2.21. The maximum atomic E-state index is 3.76. The smallest absolute Gasteiger partial charge is 0.0313 e. The molecule has 0 bridgehead atoms. The molecule has 0 spiro atoms. The molecule has 0 radical (unpaired) electrons. The summed E-state index contributed by atoms with van der Waals surface area (Å²) in [5, 5.41) is 0. The van der Waals surface area contributed by atoms with E-state index in [4.69, 9.17) is 0 Å². The van der Waals surface area contributed by atoms with Crippen LogP contribution in [0.15, 0.2) is 24.3 Å². The zero-order chi connectivity index (χ0) is 10.1. The van der Waals surface area contributed by atoms with Gasteiger partial charge in [-0.25, -0.2) is 0 Å². The van der Waals surface area contributed by atoms with E-state index in [-0.39, 0.29) is 0 Å². The van der Waals surface area contributed by atoms with E-state index in [9.17, 15) is 0 Å². The Morgan fingerprint density at radius 1 is 0.857 bits per heavy atom. The Bertz CT molecular complexity index is 164. The fraction of sp³-hybridized carbons (Fsp3) is 0.714. The fourth-order valence-electron chi connectivity index (χ4n) is 2.15. The summed E-state index contributed by atoms with van der Waals surface area (Å²) in [6.07, 6.45) is 18.2. The van der Waals surface area contributed by atoms with E-state index in [2.05, 4.69) is 12.7 Å². The molecule has 14 heavy (non-hydrogen) atoms. The van der Waals surface area contributed by atoms with E-state index >= 15 is 0 Å². The molecular formula is C14H24. The van der Waals surface area contributed by atoms with Gasteiger partial charge in [0.1, 0.15) is 0 Å². The highest BCUT2D eigenvalue weighted by Gasteiger charge is 2.01. The summed E-state index contributed by atoms with van der Waals surface area (Å²) in [5.41, 5.74) is 1.72. The predicted octanol–water partition coefficient (Wildman–Crippen LogP) is 5.01. The van der Waals surface area contributed by atoms with E-state index in [1.165, 1.54) is 57.8 Å². The summed E-state index contributed by atoms with van der Waals surface area (Å²) < 4.78 is 0. The van der Waals surface area contributed by atoms with Crippen LogP contribution in [0.1, 0.15) is 64.2 Å². The Kier molecular flexibility index (Phi) is 6.47. The van der Waals surface area contributed by atoms with Crippen molar-refractivity contribution in [2.75, 3.05) is 0 Å². The number of allylic oxidation sites excluding steroid dienone is 3. The number of unbranched alkanes of at least 4 members (excludes halogenated alkanes) is 1. The molecule has 0 atom stereocenters. The summed E-state index contributed by atoms with van der Waals surface area (Å²) in [5.74, 6) is 0. The lowest BCUT2D eigenvalue weighted by molar-refractivity contribution is 0.624. The minimum atomic E-state index is 1.14. The van der Waals surface area contributed by atoms with E-state index < -0.39 is 0 Å². The third kappa shape index (κ3) is 5.26. The Morgan fingerprint density at radius 2 is 1.43 bits per heavy atom. The minimum Gasteiger partial charge on any atom is -0.103 e. The van der Waals surface area contributed by atoms with Crippen molar-refractivity contribution in [3.8, 4) is 0 Å².